The zero-order chi connectivity index (χ0) is 29.4. The number of nitrogens with one attached hydrogen (secondary N) is 3. The van der Waals surface area contributed by atoms with Crippen LogP contribution in [0.3, 0.4) is 0 Å². The summed E-state index contributed by atoms with van der Waals surface area (Å²) in [6.07, 6.45) is 2.84. The third kappa shape index (κ3) is 7.17. The Morgan fingerprint density at radius 2 is 1.80 bits per heavy atom. The molecule has 2 heterocycles. The van der Waals surface area contributed by atoms with Crippen LogP contribution in [0.15, 0.2) is 67.0 Å². The van der Waals surface area contributed by atoms with E-state index in [1.54, 1.807) is 31.2 Å². The van der Waals surface area contributed by atoms with Crippen LogP contribution in [0.2, 0.25) is 0 Å². The van der Waals surface area contributed by atoms with Crippen LogP contribution in [0.25, 0.3) is 11.3 Å². The number of pyridine rings is 1. The largest absolute Gasteiger partial charge is 0.395 e. The highest BCUT2D eigenvalue weighted by Crippen LogP contribution is 2.21. The topological polar surface area (TPSA) is 179 Å². The predicted octanol–water partition coefficient (Wildman–Crippen LogP) is 2.96. The maximum absolute atomic E-state index is 13.3. The molecule has 2 amide bonds. The lowest BCUT2D eigenvalue weighted by Gasteiger charge is -2.16. The maximum Gasteiger partial charge on any atom is 0.273 e. The van der Waals surface area contributed by atoms with E-state index in [0.29, 0.717) is 23.6 Å². The second-order valence-corrected chi connectivity index (χ2v) is 9.00. The van der Waals surface area contributed by atoms with E-state index in [1.807, 2.05) is 18.2 Å². The first kappa shape index (κ1) is 28.6. The number of carbonyl (C=O) groups excluding carboxylic acids is 2. The average molecular weight is 555 g/mol. The fourth-order valence-corrected chi connectivity index (χ4v) is 3.89. The molecule has 0 fully saturated rings. The molecule has 4 rings (SSSR count). The summed E-state index contributed by atoms with van der Waals surface area (Å²) in [5, 5.41) is 26.8. The SMILES string of the molecule is C[C@H](NC(=O)c1cc(C#N)cnc1NCc1ccc(-c2cnc(N)c(C(=O)NCCO)n2)cc1)c1ccc(F)cc1. The van der Waals surface area contributed by atoms with E-state index in [9.17, 15) is 19.2 Å². The summed E-state index contributed by atoms with van der Waals surface area (Å²) in [6.45, 7) is 1.94. The average Bonchev–Trinajstić information content (AvgIpc) is 2.99. The van der Waals surface area contributed by atoms with Crippen molar-refractivity contribution in [1.82, 2.24) is 25.6 Å². The number of nitriles is 1. The van der Waals surface area contributed by atoms with Crippen LogP contribution < -0.4 is 21.7 Å². The van der Waals surface area contributed by atoms with Gasteiger partial charge in [0, 0.05) is 24.8 Å². The quantitative estimate of drug-likeness (QED) is 0.197. The van der Waals surface area contributed by atoms with Crippen LogP contribution >= 0.6 is 0 Å². The molecule has 1 atom stereocenters. The van der Waals surface area contributed by atoms with Gasteiger partial charge in [0.05, 0.1) is 35.7 Å². The van der Waals surface area contributed by atoms with Gasteiger partial charge >= 0.3 is 0 Å². The van der Waals surface area contributed by atoms with Crippen LogP contribution in [-0.4, -0.2) is 45.0 Å². The summed E-state index contributed by atoms with van der Waals surface area (Å²) in [5.74, 6) is -1.07. The molecule has 12 heteroatoms. The summed E-state index contributed by atoms with van der Waals surface area (Å²) in [7, 11) is 0. The maximum atomic E-state index is 13.3. The van der Waals surface area contributed by atoms with E-state index in [1.165, 1.54) is 30.6 Å². The number of aliphatic hydroxyl groups excluding tert-OH is 1. The minimum Gasteiger partial charge on any atom is -0.395 e. The van der Waals surface area contributed by atoms with Crippen molar-refractivity contribution < 1.29 is 19.1 Å². The van der Waals surface area contributed by atoms with Gasteiger partial charge in [0.2, 0.25) is 0 Å². The van der Waals surface area contributed by atoms with Crippen molar-refractivity contribution in [2.24, 2.45) is 0 Å². The van der Waals surface area contributed by atoms with Crippen molar-refractivity contribution in [3.05, 3.63) is 101 Å². The Balaban J connectivity index is 1.47. The van der Waals surface area contributed by atoms with Crippen molar-refractivity contribution >= 4 is 23.5 Å². The third-order valence-electron chi connectivity index (χ3n) is 6.10. The predicted molar refractivity (Wildman–Crippen MR) is 150 cm³/mol. The third-order valence-corrected chi connectivity index (χ3v) is 6.10. The standard InChI is InChI=1S/C29H27FN8O3/c1-17(20-6-8-22(30)9-7-20)37-28(40)23-12-19(13-31)15-36-27(23)35-14-18-2-4-21(5-3-18)24-16-34-26(32)25(38-24)29(41)33-10-11-39/h2-9,12,15-17,39H,10-11,14H2,1H3,(H2,32,34)(H,33,41)(H,35,36)(H,37,40)/t17-/m0/s1. The highest BCUT2D eigenvalue weighted by molar-refractivity contribution is 5.99. The summed E-state index contributed by atoms with van der Waals surface area (Å²) in [4.78, 5) is 38.0. The molecule has 0 aliphatic heterocycles. The number of hydrogen-bond acceptors (Lipinski definition) is 9. The molecule has 41 heavy (non-hydrogen) atoms. The van der Waals surface area contributed by atoms with Gasteiger partial charge in [-0.1, -0.05) is 36.4 Å². The number of aliphatic hydroxyl groups is 1. The number of rotatable bonds is 10. The summed E-state index contributed by atoms with van der Waals surface area (Å²) < 4.78 is 13.3. The van der Waals surface area contributed by atoms with E-state index in [4.69, 9.17) is 10.8 Å². The first-order valence-electron chi connectivity index (χ1n) is 12.6. The van der Waals surface area contributed by atoms with Gasteiger partial charge in [-0.3, -0.25) is 9.59 Å². The zero-order valence-electron chi connectivity index (χ0n) is 22.1. The van der Waals surface area contributed by atoms with Gasteiger partial charge in [-0.25, -0.2) is 19.3 Å². The van der Waals surface area contributed by atoms with E-state index in [-0.39, 0.29) is 41.6 Å². The number of hydrogen-bond donors (Lipinski definition) is 5. The number of benzene rings is 2. The highest BCUT2D eigenvalue weighted by atomic mass is 19.1. The van der Waals surface area contributed by atoms with Crippen LogP contribution in [0.4, 0.5) is 16.0 Å². The molecule has 2 aromatic carbocycles. The van der Waals surface area contributed by atoms with Gasteiger partial charge in [-0.2, -0.15) is 5.26 Å². The number of nitrogen functional groups attached to an aromatic ring is 1. The van der Waals surface area contributed by atoms with Crippen molar-refractivity contribution in [1.29, 1.82) is 5.26 Å². The molecule has 208 valence electrons. The van der Waals surface area contributed by atoms with Gasteiger partial charge in [0.1, 0.15) is 17.7 Å². The highest BCUT2D eigenvalue weighted by Gasteiger charge is 2.18. The molecule has 0 saturated heterocycles. The van der Waals surface area contributed by atoms with Gasteiger partial charge in [-0.05, 0) is 36.2 Å². The first-order valence-corrected chi connectivity index (χ1v) is 12.6. The Hall–Kier alpha value is -5.41. The van der Waals surface area contributed by atoms with Crippen molar-refractivity contribution in [3.63, 3.8) is 0 Å². The van der Waals surface area contributed by atoms with Gasteiger partial charge in [-0.15, -0.1) is 0 Å². The van der Waals surface area contributed by atoms with E-state index in [0.717, 1.165) is 11.1 Å². The van der Waals surface area contributed by atoms with Gasteiger partial charge < -0.3 is 26.8 Å². The molecule has 6 N–H and O–H groups in total. The van der Waals surface area contributed by atoms with Gasteiger partial charge in [0.15, 0.2) is 11.5 Å². The van der Waals surface area contributed by atoms with E-state index >= 15 is 0 Å². The van der Waals surface area contributed by atoms with E-state index < -0.39 is 17.9 Å². The molecule has 0 unspecified atom stereocenters. The lowest BCUT2D eigenvalue weighted by molar-refractivity contribution is 0.0932. The molecular formula is C29H27FN8O3. The molecule has 0 bridgehead atoms. The molecule has 0 aliphatic carbocycles. The number of aromatic nitrogens is 3. The summed E-state index contributed by atoms with van der Waals surface area (Å²) in [6, 6.07) is 16.2. The molecule has 4 aromatic rings. The van der Waals surface area contributed by atoms with Crippen LogP contribution in [-0.2, 0) is 6.54 Å². The van der Waals surface area contributed by atoms with E-state index in [2.05, 4.69) is 30.9 Å². The number of anilines is 2. The number of nitrogens with two attached hydrogens (primary N) is 1. The Labute approximate surface area is 235 Å². The van der Waals surface area contributed by atoms with Crippen LogP contribution in [0, 0.1) is 17.1 Å². The number of halogens is 1. The Kier molecular flexibility index (Phi) is 9.13. The summed E-state index contributed by atoms with van der Waals surface area (Å²) in [5.41, 5.74) is 8.91. The Bertz CT molecular complexity index is 1590. The molecule has 11 nitrogen and oxygen atoms in total. The molecule has 0 saturated carbocycles. The Morgan fingerprint density at radius 1 is 1.07 bits per heavy atom. The molecule has 0 radical (unpaired) electrons. The Morgan fingerprint density at radius 3 is 2.49 bits per heavy atom. The molecule has 0 aliphatic rings. The fraction of sp³-hybridized carbons (Fsp3) is 0.172. The summed E-state index contributed by atoms with van der Waals surface area (Å²) >= 11 is 0. The zero-order valence-corrected chi connectivity index (χ0v) is 22.1. The fourth-order valence-electron chi connectivity index (χ4n) is 3.89. The number of nitrogens with zero attached hydrogens (tertiary/aromatic N) is 4. The number of carbonyl (C=O) groups is 2. The second kappa shape index (κ2) is 13.1. The lowest BCUT2D eigenvalue weighted by atomic mass is 10.1. The second-order valence-electron chi connectivity index (χ2n) is 9.00. The number of amides is 2. The molecule has 0 spiro atoms. The normalized spacial score (nSPS) is 11.3. The molecule has 2 aromatic heterocycles. The molecular weight excluding hydrogens is 527 g/mol. The van der Waals surface area contributed by atoms with Crippen molar-refractivity contribution in [2.75, 3.05) is 24.2 Å². The lowest BCUT2D eigenvalue weighted by Crippen LogP contribution is -2.28. The smallest absolute Gasteiger partial charge is 0.273 e. The van der Waals surface area contributed by atoms with Crippen LogP contribution in [0.1, 0.15) is 50.5 Å². The van der Waals surface area contributed by atoms with Crippen LogP contribution in [0.5, 0.6) is 0 Å². The van der Waals surface area contributed by atoms with Crippen molar-refractivity contribution in [3.8, 4) is 17.3 Å². The van der Waals surface area contributed by atoms with Gasteiger partial charge in [0.25, 0.3) is 11.8 Å². The monoisotopic (exact) mass is 554 g/mol. The first-order chi connectivity index (χ1) is 19.8. The minimum absolute atomic E-state index is 0.0215. The van der Waals surface area contributed by atoms with Crippen molar-refractivity contribution in [2.45, 2.75) is 19.5 Å². The minimum atomic E-state index is -0.534.